The van der Waals surface area contributed by atoms with Gasteiger partial charge in [0, 0.05) is 31.8 Å². The van der Waals surface area contributed by atoms with E-state index in [0.29, 0.717) is 11.4 Å². The van der Waals surface area contributed by atoms with Gasteiger partial charge in [-0.05, 0) is 62.0 Å². The standard InChI is InChI=1S/C29H39N3O4S.ClH/c1-22(2)27(33)30-26(24-7-5-4-6-8-24)13-17-31-18-14-29(15-19-31)16-20-32(28(29)34)21-23-9-11-25(12-10-23)37(3,35)36;/h4-12,22,26H,13-21H2,1-3H3,(H,30,33);1H. The fourth-order valence-corrected chi connectivity index (χ4v) is 6.06. The van der Waals surface area contributed by atoms with Crippen LogP contribution >= 0.6 is 12.4 Å². The van der Waals surface area contributed by atoms with Gasteiger partial charge < -0.3 is 15.1 Å². The summed E-state index contributed by atoms with van der Waals surface area (Å²) < 4.78 is 23.4. The van der Waals surface area contributed by atoms with Crippen LogP contribution in [0.3, 0.4) is 0 Å². The number of halogens is 1. The molecule has 1 unspecified atom stereocenters. The van der Waals surface area contributed by atoms with Crippen LogP contribution in [-0.4, -0.2) is 62.5 Å². The molecule has 2 aromatic rings. The maximum absolute atomic E-state index is 13.4. The number of hydrogen-bond acceptors (Lipinski definition) is 5. The second kappa shape index (κ2) is 12.6. The Balaban J connectivity index is 0.00000400. The van der Waals surface area contributed by atoms with Crippen LogP contribution in [0.25, 0.3) is 0 Å². The first-order valence-electron chi connectivity index (χ1n) is 13.2. The normalized spacial score (nSPS) is 18.4. The molecule has 2 saturated heterocycles. The molecule has 4 rings (SSSR count). The largest absolute Gasteiger partial charge is 0.349 e. The molecule has 9 heteroatoms. The summed E-state index contributed by atoms with van der Waals surface area (Å²) >= 11 is 0. The molecule has 2 aromatic carbocycles. The van der Waals surface area contributed by atoms with E-state index in [4.69, 9.17) is 0 Å². The monoisotopic (exact) mass is 561 g/mol. The highest BCUT2D eigenvalue weighted by molar-refractivity contribution is 7.90. The number of benzene rings is 2. The van der Waals surface area contributed by atoms with Gasteiger partial charge in [-0.1, -0.05) is 56.3 Å². The van der Waals surface area contributed by atoms with E-state index in [1.165, 1.54) is 6.26 Å². The Kier molecular flexibility index (Phi) is 10.0. The number of nitrogens with one attached hydrogen (secondary N) is 1. The number of amides is 2. The summed E-state index contributed by atoms with van der Waals surface area (Å²) in [5.41, 5.74) is 1.79. The molecule has 0 saturated carbocycles. The van der Waals surface area contributed by atoms with Crippen molar-refractivity contribution in [1.29, 1.82) is 0 Å². The summed E-state index contributed by atoms with van der Waals surface area (Å²) in [4.78, 5) is 30.5. The summed E-state index contributed by atoms with van der Waals surface area (Å²) in [6, 6.07) is 17.0. The van der Waals surface area contributed by atoms with Crippen molar-refractivity contribution in [3.63, 3.8) is 0 Å². The molecule has 0 aromatic heterocycles. The molecule has 2 aliphatic rings. The third-order valence-corrected chi connectivity index (χ3v) is 9.04. The van der Waals surface area contributed by atoms with E-state index in [-0.39, 0.29) is 41.6 Å². The summed E-state index contributed by atoms with van der Waals surface area (Å²) in [5.74, 6) is 0.231. The first-order chi connectivity index (χ1) is 17.6. The van der Waals surface area contributed by atoms with Crippen molar-refractivity contribution >= 4 is 34.1 Å². The predicted molar refractivity (Wildman–Crippen MR) is 152 cm³/mol. The average molecular weight is 562 g/mol. The number of carbonyl (C=O) groups is 2. The van der Waals surface area contributed by atoms with Crippen molar-refractivity contribution in [3.8, 4) is 0 Å². The van der Waals surface area contributed by atoms with E-state index < -0.39 is 9.84 Å². The molecular formula is C29H40ClN3O4S. The van der Waals surface area contributed by atoms with Crippen molar-refractivity contribution < 1.29 is 18.0 Å². The highest BCUT2D eigenvalue weighted by atomic mass is 35.5. The van der Waals surface area contributed by atoms with E-state index in [2.05, 4.69) is 22.3 Å². The SMILES string of the molecule is CC(C)C(=O)NC(CCN1CCC2(CC1)CCN(Cc1ccc(S(C)(=O)=O)cc1)C2=O)c1ccccc1.Cl. The van der Waals surface area contributed by atoms with Gasteiger partial charge >= 0.3 is 0 Å². The molecule has 2 amide bonds. The lowest BCUT2D eigenvalue weighted by Crippen LogP contribution is -2.45. The lowest BCUT2D eigenvalue weighted by molar-refractivity contribution is -0.139. The van der Waals surface area contributed by atoms with E-state index in [0.717, 1.165) is 63.0 Å². The minimum absolute atomic E-state index is 0. The number of rotatable bonds is 9. The van der Waals surface area contributed by atoms with Crippen LogP contribution in [0, 0.1) is 11.3 Å². The highest BCUT2D eigenvalue weighted by Crippen LogP contribution is 2.42. The Morgan fingerprint density at radius 1 is 0.974 bits per heavy atom. The van der Waals surface area contributed by atoms with Crippen LogP contribution in [0.5, 0.6) is 0 Å². The van der Waals surface area contributed by atoms with Crippen LogP contribution in [0.15, 0.2) is 59.5 Å². The molecule has 1 atom stereocenters. The fraction of sp³-hybridized carbons (Fsp3) is 0.517. The van der Waals surface area contributed by atoms with Crippen LogP contribution in [-0.2, 0) is 26.0 Å². The van der Waals surface area contributed by atoms with Gasteiger partial charge in [-0.25, -0.2) is 8.42 Å². The van der Waals surface area contributed by atoms with Crippen molar-refractivity contribution in [2.45, 2.75) is 57.0 Å². The van der Waals surface area contributed by atoms with Crippen molar-refractivity contribution in [2.24, 2.45) is 11.3 Å². The first kappa shape index (κ1) is 30.1. The van der Waals surface area contributed by atoms with Gasteiger partial charge in [0.2, 0.25) is 11.8 Å². The first-order valence-corrected chi connectivity index (χ1v) is 15.1. The molecule has 0 aliphatic carbocycles. The topological polar surface area (TPSA) is 86.8 Å². The maximum Gasteiger partial charge on any atom is 0.229 e. The zero-order valence-electron chi connectivity index (χ0n) is 22.6. The van der Waals surface area contributed by atoms with E-state index in [9.17, 15) is 18.0 Å². The predicted octanol–water partition coefficient (Wildman–Crippen LogP) is 4.23. The molecule has 2 fully saturated rings. The van der Waals surface area contributed by atoms with Crippen LogP contribution in [0.2, 0.25) is 0 Å². The highest BCUT2D eigenvalue weighted by Gasteiger charge is 2.47. The number of nitrogens with zero attached hydrogens (tertiary/aromatic N) is 2. The van der Waals surface area contributed by atoms with Gasteiger partial charge in [0.1, 0.15) is 0 Å². The molecule has 208 valence electrons. The Morgan fingerprint density at radius 2 is 1.58 bits per heavy atom. The van der Waals surface area contributed by atoms with Gasteiger partial charge in [-0.3, -0.25) is 9.59 Å². The fourth-order valence-electron chi connectivity index (χ4n) is 5.43. The van der Waals surface area contributed by atoms with E-state index in [1.54, 1.807) is 24.3 Å². The van der Waals surface area contributed by atoms with Gasteiger partial charge in [0.05, 0.1) is 16.4 Å². The molecule has 0 radical (unpaired) electrons. The number of hydrogen-bond donors (Lipinski definition) is 1. The maximum atomic E-state index is 13.4. The minimum Gasteiger partial charge on any atom is -0.349 e. The smallest absolute Gasteiger partial charge is 0.229 e. The van der Waals surface area contributed by atoms with Crippen molar-refractivity contribution in [3.05, 3.63) is 65.7 Å². The molecule has 38 heavy (non-hydrogen) atoms. The zero-order valence-corrected chi connectivity index (χ0v) is 24.2. The summed E-state index contributed by atoms with van der Waals surface area (Å²) in [7, 11) is -3.23. The van der Waals surface area contributed by atoms with Gasteiger partial charge in [0.15, 0.2) is 9.84 Å². The molecule has 0 bridgehead atoms. The van der Waals surface area contributed by atoms with Crippen LogP contribution in [0.4, 0.5) is 0 Å². The van der Waals surface area contributed by atoms with Crippen molar-refractivity contribution in [1.82, 2.24) is 15.1 Å². The van der Waals surface area contributed by atoms with Crippen LogP contribution in [0.1, 0.15) is 56.7 Å². The Labute approximate surface area is 233 Å². The summed E-state index contributed by atoms with van der Waals surface area (Å²) in [6.45, 7) is 7.71. The lowest BCUT2D eigenvalue weighted by Gasteiger charge is -2.38. The summed E-state index contributed by atoms with van der Waals surface area (Å²) in [5, 5.41) is 3.21. The van der Waals surface area contributed by atoms with Crippen LogP contribution < -0.4 is 5.32 Å². The van der Waals surface area contributed by atoms with Gasteiger partial charge in [0.25, 0.3) is 0 Å². The third-order valence-electron chi connectivity index (χ3n) is 7.92. The lowest BCUT2D eigenvalue weighted by atomic mass is 9.77. The minimum atomic E-state index is -3.23. The number of likely N-dealkylation sites (tertiary alicyclic amines) is 2. The van der Waals surface area contributed by atoms with E-state index in [1.807, 2.05) is 36.9 Å². The molecule has 2 heterocycles. The third kappa shape index (κ3) is 7.16. The number of piperidine rings is 1. The number of sulfone groups is 1. The summed E-state index contributed by atoms with van der Waals surface area (Å²) in [6.07, 6.45) is 4.61. The van der Waals surface area contributed by atoms with Gasteiger partial charge in [-0.2, -0.15) is 0 Å². The Hall–Kier alpha value is -2.42. The van der Waals surface area contributed by atoms with E-state index >= 15 is 0 Å². The second-order valence-corrected chi connectivity index (χ2v) is 12.9. The second-order valence-electron chi connectivity index (χ2n) is 10.9. The number of carbonyl (C=O) groups excluding carboxylic acids is 2. The van der Waals surface area contributed by atoms with Crippen molar-refractivity contribution in [2.75, 3.05) is 32.4 Å². The molecule has 7 nitrogen and oxygen atoms in total. The molecular weight excluding hydrogens is 522 g/mol. The Morgan fingerprint density at radius 3 is 2.16 bits per heavy atom. The average Bonchev–Trinajstić information content (AvgIpc) is 3.17. The van der Waals surface area contributed by atoms with Gasteiger partial charge in [-0.15, -0.1) is 12.4 Å². The quantitative estimate of drug-likeness (QED) is 0.495. The molecule has 1 spiro atoms. The molecule has 2 aliphatic heterocycles. The Bertz CT molecular complexity index is 1190. The molecule has 1 N–H and O–H groups in total. The zero-order chi connectivity index (χ0) is 26.6.